The fourth-order valence-corrected chi connectivity index (χ4v) is 4.52. The van der Waals surface area contributed by atoms with Crippen LogP contribution < -0.4 is 23.7 Å². The molecule has 4 aromatic rings. The van der Waals surface area contributed by atoms with Gasteiger partial charge in [-0.05, 0) is 48.9 Å². The van der Waals surface area contributed by atoms with Crippen molar-refractivity contribution in [1.82, 2.24) is 0 Å². The number of para-hydroxylation sites is 1. The highest BCUT2D eigenvalue weighted by Gasteiger charge is 2.36. The Kier molecular flexibility index (Phi) is 6.27. The monoisotopic (exact) mass is 472 g/mol. The maximum Gasteiger partial charge on any atom is 0.231 e. The predicted molar refractivity (Wildman–Crippen MR) is 135 cm³/mol. The van der Waals surface area contributed by atoms with E-state index in [9.17, 15) is 0 Å². The van der Waals surface area contributed by atoms with Gasteiger partial charge in [-0.2, -0.15) is 0 Å². The summed E-state index contributed by atoms with van der Waals surface area (Å²) in [5.74, 6) is 3.70. The molecule has 35 heavy (non-hydrogen) atoms. The minimum Gasteiger partial charge on any atom is -0.493 e. The first-order valence-electron chi connectivity index (χ1n) is 11.5. The van der Waals surface area contributed by atoms with Crippen molar-refractivity contribution in [3.05, 3.63) is 83.6 Å². The molecule has 2 unspecified atom stereocenters. The van der Waals surface area contributed by atoms with E-state index in [1.54, 1.807) is 20.5 Å². The number of rotatable bonds is 4. The predicted octanol–water partition coefficient (Wildman–Crippen LogP) is 7.14. The van der Waals surface area contributed by atoms with Gasteiger partial charge in [-0.3, -0.25) is 0 Å². The van der Waals surface area contributed by atoms with Crippen molar-refractivity contribution in [2.75, 3.05) is 21.0 Å². The van der Waals surface area contributed by atoms with E-state index in [0.717, 1.165) is 39.2 Å². The first kappa shape index (κ1) is 22.7. The van der Waals surface area contributed by atoms with Crippen molar-refractivity contribution in [2.24, 2.45) is 0 Å². The molecule has 2 aliphatic heterocycles. The second-order valence-electron chi connectivity index (χ2n) is 8.38. The first-order chi connectivity index (χ1) is 17.1. The standard InChI is InChI=1S/C21H22O5.C8H6O/c1-5-6-13-7-15-12(2)19(26-20(15)16(8-13)22-3)14-9-17(23-4)21-18(10-14)24-11-25-21;1-2-4-8-7(3-1)5-6-9-8/h5-10,12,19H,11H2,1-4H3;1-6H/b6-5+;. The molecule has 0 fully saturated rings. The summed E-state index contributed by atoms with van der Waals surface area (Å²) in [5.41, 5.74) is 4.18. The Hall–Kier alpha value is -4.06. The molecule has 0 aliphatic carbocycles. The summed E-state index contributed by atoms with van der Waals surface area (Å²) in [5, 5.41) is 1.16. The van der Waals surface area contributed by atoms with Crippen molar-refractivity contribution in [2.45, 2.75) is 25.9 Å². The molecule has 0 saturated carbocycles. The van der Waals surface area contributed by atoms with Crippen LogP contribution in [0.4, 0.5) is 0 Å². The highest BCUT2D eigenvalue weighted by Crippen LogP contribution is 2.53. The first-order valence-corrected chi connectivity index (χ1v) is 11.5. The van der Waals surface area contributed by atoms with Gasteiger partial charge in [0.1, 0.15) is 11.7 Å². The number of methoxy groups -OCH3 is 2. The van der Waals surface area contributed by atoms with Gasteiger partial charge in [-0.1, -0.05) is 37.3 Å². The van der Waals surface area contributed by atoms with Gasteiger partial charge in [0.2, 0.25) is 12.5 Å². The molecule has 2 atom stereocenters. The van der Waals surface area contributed by atoms with Crippen molar-refractivity contribution >= 4 is 17.0 Å². The maximum atomic E-state index is 6.32. The van der Waals surface area contributed by atoms with Crippen LogP contribution in [-0.2, 0) is 0 Å². The van der Waals surface area contributed by atoms with E-state index in [4.69, 9.17) is 28.1 Å². The number of ether oxygens (including phenoxy) is 5. The Morgan fingerprint density at radius 3 is 2.49 bits per heavy atom. The van der Waals surface area contributed by atoms with Crippen molar-refractivity contribution in [3.63, 3.8) is 0 Å². The Labute approximate surface area is 204 Å². The van der Waals surface area contributed by atoms with Crippen LogP contribution in [-0.4, -0.2) is 21.0 Å². The quantitative estimate of drug-likeness (QED) is 0.315. The molecule has 0 saturated heterocycles. The van der Waals surface area contributed by atoms with Gasteiger partial charge in [0.15, 0.2) is 23.0 Å². The van der Waals surface area contributed by atoms with E-state index in [0.29, 0.717) is 17.2 Å². The maximum absolute atomic E-state index is 6.32. The molecule has 6 rings (SSSR count). The zero-order valence-electron chi connectivity index (χ0n) is 20.2. The Bertz CT molecular complexity index is 1340. The smallest absolute Gasteiger partial charge is 0.231 e. The molecule has 0 N–H and O–H groups in total. The number of hydrogen-bond acceptors (Lipinski definition) is 6. The summed E-state index contributed by atoms with van der Waals surface area (Å²) < 4.78 is 33.5. The highest BCUT2D eigenvalue weighted by atomic mass is 16.7. The lowest BCUT2D eigenvalue weighted by atomic mass is 9.91. The lowest BCUT2D eigenvalue weighted by Crippen LogP contribution is -2.07. The third kappa shape index (κ3) is 4.28. The van der Waals surface area contributed by atoms with Crippen LogP contribution in [0.1, 0.15) is 42.6 Å². The molecule has 0 bridgehead atoms. The normalized spacial score (nSPS) is 17.6. The van der Waals surface area contributed by atoms with Gasteiger partial charge < -0.3 is 28.1 Å². The molecular formula is C29H28O6. The van der Waals surface area contributed by atoms with E-state index >= 15 is 0 Å². The summed E-state index contributed by atoms with van der Waals surface area (Å²) in [4.78, 5) is 0. The Morgan fingerprint density at radius 1 is 0.914 bits per heavy atom. The molecular weight excluding hydrogens is 444 g/mol. The minimum atomic E-state index is -0.150. The van der Waals surface area contributed by atoms with Crippen LogP contribution >= 0.6 is 0 Å². The second-order valence-corrected chi connectivity index (χ2v) is 8.38. The molecule has 1 aromatic heterocycles. The zero-order chi connectivity index (χ0) is 24.4. The van der Waals surface area contributed by atoms with E-state index in [2.05, 4.69) is 19.1 Å². The molecule has 3 aromatic carbocycles. The van der Waals surface area contributed by atoms with Crippen molar-refractivity contribution in [3.8, 4) is 28.7 Å². The highest BCUT2D eigenvalue weighted by molar-refractivity contribution is 5.76. The number of allylic oxidation sites excluding steroid dienone is 1. The Morgan fingerprint density at radius 2 is 1.71 bits per heavy atom. The Balaban J connectivity index is 0.000000234. The van der Waals surface area contributed by atoms with Crippen LogP contribution in [0.25, 0.3) is 17.0 Å². The van der Waals surface area contributed by atoms with Crippen LogP contribution in [0.3, 0.4) is 0 Å². The number of fused-ring (bicyclic) bond motifs is 3. The number of furan rings is 1. The molecule has 0 spiro atoms. The van der Waals surface area contributed by atoms with Crippen LogP contribution in [0.2, 0.25) is 0 Å². The van der Waals surface area contributed by atoms with Crippen molar-refractivity contribution < 1.29 is 28.1 Å². The molecule has 6 heteroatoms. The average molecular weight is 473 g/mol. The zero-order valence-corrected chi connectivity index (χ0v) is 20.2. The van der Waals surface area contributed by atoms with E-state index < -0.39 is 0 Å². The van der Waals surface area contributed by atoms with Crippen molar-refractivity contribution in [1.29, 1.82) is 0 Å². The fourth-order valence-electron chi connectivity index (χ4n) is 4.52. The second kappa shape index (κ2) is 9.66. The average Bonchev–Trinajstić information content (AvgIpc) is 3.62. The van der Waals surface area contributed by atoms with E-state index in [1.165, 1.54) is 0 Å². The third-order valence-electron chi connectivity index (χ3n) is 6.25. The fraction of sp³-hybridized carbons (Fsp3) is 0.241. The largest absolute Gasteiger partial charge is 0.493 e. The van der Waals surface area contributed by atoms with Gasteiger partial charge in [0, 0.05) is 22.4 Å². The summed E-state index contributed by atoms with van der Waals surface area (Å²) in [6.07, 6.45) is 5.63. The van der Waals surface area contributed by atoms with E-state index in [1.807, 2.05) is 61.5 Å². The van der Waals surface area contributed by atoms with E-state index in [-0.39, 0.29) is 18.8 Å². The van der Waals surface area contributed by atoms with Gasteiger partial charge in [-0.25, -0.2) is 0 Å². The molecule has 0 radical (unpaired) electrons. The van der Waals surface area contributed by atoms with Gasteiger partial charge in [-0.15, -0.1) is 0 Å². The molecule has 180 valence electrons. The number of hydrogen-bond donors (Lipinski definition) is 0. The summed E-state index contributed by atoms with van der Waals surface area (Å²) in [6.45, 7) is 4.37. The summed E-state index contributed by atoms with van der Waals surface area (Å²) in [6, 6.07) is 18.0. The third-order valence-corrected chi connectivity index (χ3v) is 6.25. The lowest BCUT2D eigenvalue weighted by Gasteiger charge is -2.17. The minimum absolute atomic E-state index is 0.150. The van der Waals surface area contributed by atoms with Gasteiger partial charge in [0.05, 0.1) is 20.5 Å². The van der Waals surface area contributed by atoms with Gasteiger partial charge in [0.25, 0.3) is 0 Å². The SMILES string of the molecule is C/C=C/c1cc(OC)c2c(c1)C(C)C(c1cc(OC)c3c(c1)OCO3)O2.c1ccc2occc2c1. The topological polar surface area (TPSA) is 59.3 Å². The molecule has 3 heterocycles. The summed E-state index contributed by atoms with van der Waals surface area (Å²) in [7, 11) is 3.29. The molecule has 6 nitrogen and oxygen atoms in total. The van der Waals surface area contributed by atoms with Crippen LogP contribution in [0, 0.1) is 0 Å². The van der Waals surface area contributed by atoms with Crippen LogP contribution in [0.15, 0.2) is 71.4 Å². The molecule has 0 amide bonds. The lowest BCUT2D eigenvalue weighted by molar-refractivity contribution is 0.171. The number of benzene rings is 3. The van der Waals surface area contributed by atoms with Gasteiger partial charge >= 0.3 is 0 Å². The van der Waals surface area contributed by atoms with Crippen LogP contribution in [0.5, 0.6) is 28.7 Å². The summed E-state index contributed by atoms with van der Waals surface area (Å²) >= 11 is 0. The molecule has 2 aliphatic rings.